The standard InChI is InChI=1S/C15H8F4N2O2/c16-12-6-13-8(4-11(12)14(22)23)7-20-21(13)10-3-1-2-9(5-10)15(17,18)19/h1-7H,(H,22,23). The van der Waals surface area contributed by atoms with Crippen LogP contribution in [0.15, 0.2) is 42.6 Å². The summed E-state index contributed by atoms with van der Waals surface area (Å²) in [6.45, 7) is 0. The second-order valence-corrected chi connectivity index (χ2v) is 4.80. The van der Waals surface area contributed by atoms with E-state index in [4.69, 9.17) is 5.11 Å². The van der Waals surface area contributed by atoms with Gasteiger partial charge in [-0.3, -0.25) is 0 Å². The van der Waals surface area contributed by atoms with Gasteiger partial charge in [0.1, 0.15) is 5.82 Å². The number of hydrogen-bond donors (Lipinski definition) is 1. The fourth-order valence-corrected chi connectivity index (χ4v) is 2.23. The Hall–Kier alpha value is -2.90. The molecule has 1 N–H and O–H groups in total. The molecule has 0 fully saturated rings. The summed E-state index contributed by atoms with van der Waals surface area (Å²) in [6.07, 6.45) is -3.25. The van der Waals surface area contributed by atoms with E-state index in [0.29, 0.717) is 5.39 Å². The molecule has 0 bridgehead atoms. The summed E-state index contributed by atoms with van der Waals surface area (Å²) in [5.41, 5.74) is -1.12. The van der Waals surface area contributed by atoms with Crippen molar-refractivity contribution in [1.29, 1.82) is 0 Å². The Morgan fingerprint density at radius 2 is 1.91 bits per heavy atom. The lowest BCUT2D eigenvalue weighted by Crippen LogP contribution is -2.06. The van der Waals surface area contributed by atoms with E-state index < -0.39 is 29.1 Å². The average Bonchev–Trinajstić information content (AvgIpc) is 2.88. The topological polar surface area (TPSA) is 55.1 Å². The van der Waals surface area contributed by atoms with E-state index in [1.165, 1.54) is 18.3 Å². The molecule has 0 saturated carbocycles. The number of halogens is 4. The van der Waals surface area contributed by atoms with E-state index in [9.17, 15) is 22.4 Å². The van der Waals surface area contributed by atoms with Crippen LogP contribution in [0.1, 0.15) is 15.9 Å². The number of nitrogens with zero attached hydrogens (tertiary/aromatic N) is 2. The Morgan fingerprint density at radius 3 is 2.57 bits per heavy atom. The zero-order chi connectivity index (χ0) is 16.8. The molecule has 1 heterocycles. The molecular weight excluding hydrogens is 316 g/mol. The molecule has 0 spiro atoms. The van der Waals surface area contributed by atoms with Crippen molar-refractivity contribution < 1.29 is 27.5 Å². The van der Waals surface area contributed by atoms with Crippen molar-refractivity contribution in [3.8, 4) is 5.69 Å². The summed E-state index contributed by atoms with van der Waals surface area (Å²) in [4.78, 5) is 10.9. The molecule has 118 valence electrons. The fourth-order valence-electron chi connectivity index (χ4n) is 2.23. The number of carbonyl (C=O) groups is 1. The van der Waals surface area contributed by atoms with Gasteiger partial charge in [-0.1, -0.05) is 6.07 Å². The van der Waals surface area contributed by atoms with Crippen molar-refractivity contribution in [3.63, 3.8) is 0 Å². The van der Waals surface area contributed by atoms with E-state index in [1.54, 1.807) is 0 Å². The molecule has 0 aliphatic rings. The first-order chi connectivity index (χ1) is 10.8. The average molecular weight is 324 g/mol. The number of rotatable bonds is 2. The summed E-state index contributed by atoms with van der Waals surface area (Å²) >= 11 is 0. The molecule has 0 aliphatic heterocycles. The van der Waals surface area contributed by atoms with E-state index >= 15 is 0 Å². The number of carboxylic acids is 1. The Labute approximate surface area is 126 Å². The van der Waals surface area contributed by atoms with Crippen molar-refractivity contribution >= 4 is 16.9 Å². The molecule has 1 aromatic heterocycles. The Balaban J connectivity index is 2.18. The van der Waals surface area contributed by atoms with Crippen molar-refractivity contribution in [3.05, 3.63) is 59.5 Å². The van der Waals surface area contributed by atoms with E-state index in [1.807, 2.05) is 0 Å². The van der Waals surface area contributed by atoms with Gasteiger partial charge in [-0.05, 0) is 24.3 Å². The van der Waals surface area contributed by atoms with Crippen molar-refractivity contribution in [2.75, 3.05) is 0 Å². The van der Waals surface area contributed by atoms with Gasteiger partial charge >= 0.3 is 12.1 Å². The Morgan fingerprint density at radius 1 is 1.17 bits per heavy atom. The highest BCUT2D eigenvalue weighted by atomic mass is 19.4. The third kappa shape index (κ3) is 2.63. The highest BCUT2D eigenvalue weighted by Crippen LogP contribution is 2.31. The predicted molar refractivity (Wildman–Crippen MR) is 73.0 cm³/mol. The number of aromatic carboxylic acids is 1. The van der Waals surface area contributed by atoms with Gasteiger partial charge in [-0.25, -0.2) is 13.9 Å². The summed E-state index contributed by atoms with van der Waals surface area (Å²) in [5.74, 6) is -2.42. The molecule has 0 saturated heterocycles. The quantitative estimate of drug-likeness (QED) is 0.728. The van der Waals surface area contributed by atoms with Gasteiger partial charge in [-0.15, -0.1) is 0 Å². The monoisotopic (exact) mass is 324 g/mol. The smallest absolute Gasteiger partial charge is 0.416 e. The molecule has 0 radical (unpaired) electrons. The van der Waals surface area contributed by atoms with Gasteiger partial charge in [0.15, 0.2) is 0 Å². The van der Waals surface area contributed by atoms with E-state index in [-0.39, 0.29) is 11.2 Å². The number of hydrogen-bond acceptors (Lipinski definition) is 2. The molecule has 0 amide bonds. The minimum absolute atomic E-state index is 0.0947. The highest BCUT2D eigenvalue weighted by Gasteiger charge is 2.30. The zero-order valence-corrected chi connectivity index (χ0v) is 11.3. The molecule has 0 aliphatic carbocycles. The molecular formula is C15H8F4N2O2. The molecule has 23 heavy (non-hydrogen) atoms. The molecule has 3 aromatic rings. The van der Waals surface area contributed by atoms with Crippen LogP contribution in [-0.4, -0.2) is 20.9 Å². The van der Waals surface area contributed by atoms with Crippen LogP contribution < -0.4 is 0 Å². The van der Waals surface area contributed by atoms with E-state index in [2.05, 4.69) is 5.10 Å². The van der Waals surface area contributed by atoms with Crippen LogP contribution in [0.3, 0.4) is 0 Å². The molecule has 0 unspecified atom stereocenters. The van der Waals surface area contributed by atoms with Gasteiger partial charge in [0.2, 0.25) is 0 Å². The third-order valence-corrected chi connectivity index (χ3v) is 3.31. The molecule has 2 aromatic carbocycles. The van der Waals surface area contributed by atoms with Crippen molar-refractivity contribution in [2.24, 2.45) is 0 Å². The highest BCUT2D eigenvalue weighted by molar-refractivity contribution is 5.94. The number of alkyl halides is 3. The Kier molecular flexibility index (Phi) is 3.32. The summed E-state index contributed by atoms with van der Waals surface area (Å²) < 4.78 is 53.3. The fraction of sp³-hybridized carbons (Fsp3) is 0.0667. The van der Waals surface area contributed by atoms with Gasteiger partial charge in [0.25, 0.3) is 0 Å². The van der Waals surface area contributed by atoms with Crippen molar-refractivity contribution in [2.45, 2.75) is 6.18 Å². The lowest BCUT2D eigenvalue weighted by atomic mass is 10.1. The van der Waals surface area contributed by atoms with Crippen LogP contribution in [0.5, 0.6) is 0 Å². The number of carboxylic acid groups (broad SMARTS) is 1. The minimum atomic E-state index is -4.51. The summed E-state index contributed by atoms with van der Waals surface area (Å²) in [7, 11) is 0. The lowest BCUT2D eigenvalue weighted by Gasteiger charge is -2.09. The maximum Gasteiger partial charge on any atom is 0.416 e. The maximum atomic E-state index is 13.8. The van der Waals surface area contributed by atoms with Gasteiger partial charge in [0.05, 0.1) is 28.5 Å². The summed E-state index contributed by atoms with van der Waals surface area (Å²) in [5, 5.41) is 13.1. The van der Waals surface area contributed by atoms with Gasteiger partial charge < -0.3 is 5.11 Å². The third-order valence-electron chi connectivity index (χ3n) is 3.31. The van der Waals surface area contributed by atoms with Crippen LogP contribution in [0, 0.1) is 5.82 Å². The Bertz CT molecular complexity index is 915. The van der Waals surface area contributed by atoms with Crippen LogP contribution in [-0.2, 0) is 6.18 Å². The summed E-state index contributed by atoms with van der Waals surface area (Å²) in [6, 6.07) is 6.43. The molecule has 0 atom stereocenters. The SMILES string of the molecule is O=C(O)c1cc2cnn(-c3cccc(C(F)(F)F)c3)c2cc1F. The van der Waals surface area contributed by atoms with Gasteiger partial charge in [0, 0.05) is 11.5 Å². The minimum Gasteiger partial charge on any atom is -0.478 e. The maximum absolute atomic E-state index is 13.8. The van der Waals surface area contributed by atoms with Crippen molar-refractivity contribution in [1.82, 2.24) is 9.78 Å². The normalized spacial score (nSPS) is 11.8. The molecule has 3 rings (SSSR count). The van der Waals surface area contributed by atoms with E-state index in [0.717, 1.165) is 28.9 Å². The zero-order valence-electron chi connectivity index (χ0n) is 11.3. The predicted octanol–water partition coefficient (Wildman–Crippen LogP) is 3.88. The lowest BCUT2D eigenvalue weighted by molar-refractivity contribution is -0.137. The second-order valence-electron chi connectivity index (χ2n) is 4.80. The largest absolute Gasteiger partial charge is 0.478 e. The van der Waals surface area contributed by atoms with Crippen LogP contribution in [0.2, 0.25) is 0 Å². The number of aromatic nitrogens is 2. The first kappa shape index (κ1) is 15.0. The van der Waals surface area contributed by atoms with Crippen LogP contribution >= 0.6 is 0 Å². The van der Waals surface area contributed by atoms with Gasteiger partial charge in [-0.2, -0.15) is 18.3 Å². The first-order valence-corrected chi connectivity index (χ1v) is 6.35. The molecule has 8 heteroatoms. The second kappa shape index (κ2) is 5.08. The van der Waals surface area contributed by atoms with Crippen LogP contribution in [0.25, 0.3) is 16.6 Å². The number of benzene rings is 2. The molecule has 4 nitrogen and oxygen atoms in total. The number of fused-ring (bicyclic) bond motifs is 1. The first-order valence-electron chi connectivity index (χ1n) is 6.35. The van der Waals surface area contributed by atoms with Crippen LogP contribution in [0.4, 0.5) is 17.6 Å².